The molecular formula is C13H17NO3S. The molecule has 0 saturated carbocycles. The van der Waals surface area contributed by atoms with Crippen LogP contribution in [0.2, 0.25) is 0 Å². The molecule has 0 spiro atoms. The first-order chi connectivity index (χ1) is 8.44. The zero-order valence-electron chi connectivity index (χ0n) is 10.6. The minimum absolute atomic E-state index is 0.0204. The van der Waals surface area contributed by atoms with Crippen molar-refractivity contribution in [1.29, 1.82) is 0 Å². The SMILES string of the molecule is CC(C)S(=O)(=O)N1CCCC(=O)c2ccccc21. The van der Waals surface area contributed by atoms with Gasteiger partial charge in [0.15, 0.2) is 5.78 Å². The Balaban J connectivity index is 2.57. The third kappa shape index (κ3) is 2.14. The molecule has 0 amide bonds. The first-order valence-electron chi connectivity index (χ1n) is 6.08. The Morgan fingerprint density at radius 2 is 1.89 bits per heavy atom. The van der Waals surface area contributed by atoms with E-state index in [1.165, 1.54) is 4.31 Å². The van der Waals surface area contributed by atoms with Crippen molar-refractivity contribution in [3.63, 3.8) is 0 Å². The summed E-state index contributed by atoms with van der Waals surface area (Å²) in [5.74, 6) is 0.0204. The summed E-state index contributed by atoms with van der Waals surface area (Å²) >= 11 is 0. The highest BCUT2D eigenvalue weighted by atomic mass is 32.2. The van der Waals surface area contributed by atoms with Gasteiger partial charge in [-0.1, -0.05) is 12.1 Å². The van der Waals surface area contributed by atoms with E-state index in [4.69, 9.17) is 0 Å². The number of sulfonamides is 1. The number of fused-ring (bicyclic) bond motifs is 1. The van der Waals surface area contributed by atoms with Crippen molar-refractivity contribution in [2.75, 3.05) is 10.8 Å². The number of rotatable bonds is 2. The van der Waals surface area contributed by atoms with Gasteiger partial charge in [0, 0.05) is 18.5 Å². The van der Waals surface area contributed by atoms with Crippen LogP contribution in [0.4, 0.5) is 5.69 Å². The Morgan fingerprint density at radius 1 is 1.22 bits per heavy atom. The zero-order valence-corrected chi connectivity index (χ0v) is 11.4. The molecule has 18 heavy (non-hydrogen) atoms. The molecule has 0 fully saturated rings. The molecule has 1 aromatic carbocycles. The number of para-hydroxylation sites is 1. The van der Waals surface area contributed by atoms with Gasteiger partial charge in [0.1, 0.15) is 0 Å². The third-order valence-corrected chi connectivity index (χ3v) is 5.33. The van der Waals surface area contributed by atoms with E-state index in [0.29, 0.717) is 30.6 Å². The average molecular weight is 267 g/mol. The Kier molecular flexibility index (Phi) is 3.43. The zero-order chi connectivity index (χ0) is 13.3. The molecule has 0 unspecified atom stereocenters. The lowest BCUT2D eigenvalue weighted by atomic mass is 10.1. The number of hydrogen-bond acceptors (Lipinski definition) is 3. The van der Waals surface area contributed by atoms with Crippen molar-refractivity contribution in [3.05, 3.63) is 29.8 Å². The first kappa shape index (κ1) is 13.1. The molecule has 1 heterocycles. The maximum absolute atomic E-state index is 12.3. The minimum Gasteiger partial charge on any atom is -0.294 e. The Morgan fingerprint density at radius 3 is 2.56 bits per heavy atom. The normalized spacial score (nSPS) is 16.6. The second-order valence-electron chi connectivity index (χ2n) is 4.71. The van der Waals surface area contributed by atoms with Gasteiger partial charge in [0.05, 0.1) is 10.9 Å². The minimum atomic E-state index is -3.38. The molecule has 2 rings (SSSR count). The van der Waals surface area contributed by atoms with E-state index in [0.717, 1.165) is 0 Å². The second kappa shape index (κ2) is 4.72. The predicted octanol–water partition coefficient (Wildman–Crippen LogP) is 2.21. The Hall–Kier alpha value is -1.36. The fourth-order valence-corrected chi connectivity index (χ4v) is 3.41. The summed E-state index contributed by atoms with van der Waals surface area (Å²) in [6.07, 6.45) is 0.973. The quantitative estimate of drug-likeness (QED) is 0.825. The number of carbonyl (C=O) groups excluding carboxylic acids is 1. The number of carbonyl (C=O) groups is 1. The number of nitrogens with zero attached hydrogens (tertiary/aromatic N) is 1. The van der Waals surface area contributed by atoms with E-state index in [-0.39, 0.29) is 5.78 Å². The molecule has 0 N–H and O–H groups in total. The molecule has 0 atom stereocenters. The van der Waals surface area contributed by atoms with Crippen molar-refractivity contribution in [2.24, 2.45) is 0 Å². The van der Waals surface area contributed by atoms with Crippen molar-refractivity contribution in [2.45, 2.75) is 31.9 Å². The lowest BCUT2D eigenvalue weighted by Gasteiger charge is -2.26. The van der Waals surface area contributed by atoms with Gasteiger partial charge in [-0.2, -0.15) is 0 Å². The average Bonchev–Trinajstić information content (AvgIpc) is 2.49. The van der Waals surface area contributed by atoms with Crippen molar-refractivity contribution < 1.29 is 13.2 Å². The smallest absolute Gasteiger partial charge is 0.237 e. The van der Waals surface area contributed by atoms with Gasteiger partial charge in [0.2, 0.25) is 10.0 Å². The second-order valence-corrected chi connectivity index (χ2v) is 7.12. The predicted molar refractivity (Wildman–Crippen MR) is 71.4 cm³/mol. The Bertz CT molecular complexity index is 563. The summed E-state index contributed by atoms with van der Waals surface area (Å²) in [5, 5.41) is -0.487. The van der Waals surface area contributed by atoms with Crippen LogP contribution in [0, 0.1) is 0 Å². The molecule has 1 aromatic rings. The van der Waals surface area contributed by atoms with E-state index in [1.54, 1.807) is 38.1 Å². The fourth-order valence-electron chi connectivity index (χ4n) is 2.08. The van der Waals surface area contributed by atoms with Crippen molar-refractivity contribution in [3.8, 4) is 0 Å². The topological polar surface area (TPSA) is 54.5 Å². The molecule has 0 bridgehead atoms. The Labute approximate surface area is 108 Å². The highest BCUT2D eigenvalue weighted by Gasteiger charge is 2.30. The first-order valence-corrected chi connectivity index (χ1v) is 7.58. The maximum Gasteiger partial charge on any atom is 0.237 e. The number of benzene rings is 1. The van der Waals surface area contributed by atoms with Crippen LogP contribution in [0.25, 0.3) is 0 Å². The van der Waals surface area contributed by atoms with Gasteiger partial charge in [0.25, 0.3) is 0 Å². The van der Waals surface area contributed by atoms with Crippen LogP contribution in [0.3, 0.4) is 0 Å². The number of hydrogen-bond donors (Lipinski definition) is 0. The maximum atomic E-state index is 12.3. The lowest BCUT2D eigenvalue weighted by molar-refractivity contribution is 0.0984. The van der Waals surface area contributed by atoms with Crippen molar-refractivity contribution >= 4 is 21.5 Å². The van der Waals surface area contributed by atoms with Gasteiger partial charge < -0.3 is 0 Å². The molecule has 0 aromatic heterocycles. The lowest BCUT2D eigenvalue weighted by Crippen LogP contribution is -2.37. The highest BCUT2D eigenvalue weighted by molar-refractivity contribution is 7.93. The number of Topliss-reactive ketones (excluding diaryl/α,β-unsaturated/α-hetero) is 1. The highest BCUT2D eigenvalue weighted by Crippen LogP contribution is 2.29. The molecule has 98 valence electrons. The standard InChI is InChI=1S/C13H17NO3S/c1-10(2)18(16,17)14-9-5-8-13(15)11-6-3-4-7-12(11)14/h3-4,6-7,10H,5,8-9H2,1-2H3. The van der Waals surface area contributed by atoms with Gasteiger partial charge in [-0.3, -0.25) is 9.10 Å². The molecule has 5 heteroatoms. The van der Waals surface area contributed by atoms with Crippen LogP contribution in [-0.2, 0) is 10.0 Å². The molecule has 4 nitrogen and oxygen atoms in total. The van der Waals surface area contributed by atoms with Crippen LogP contribution < -0.4 is 4.31 Å². The van der Waals surface area contributed by atoms with Gasteiger partial charge in [-0.25, -0.2) is 8.42 Å². The summed E-state index contributed by atoms with van der Waals surface area (Å²) in [7, 11) is -3.38. The molecule has 1 aliphatic heterocycles. The molecule has 0 saturated heterocycles. The summed E-state index contributed by atoms with van der Waals surface area (Å²) in [5.41, 5.74) is 1.04. The monoisotopic (exact) mass is 267 g/mol. The van der Waals surface area contributed by atoms with Crippen LogP contribution in [0.1, 0.15) is 37.0 Å². The van der Waals surface area contributed by atoms with E-state index in [9.17, 15) is 13.2 Å². The molecule has 0 aliphatic carbocycles. The summed E-state index contributed by atoms with van der Waals surface area (Å²) in [6, 6.07) is 6.94. The van der Waals surface area contributed by atoms with E-state index >= 15 is 0 Å². The van der Waals surface area contributed by atoms with Crippen LogP contribution >= 0.6 is 0 Å². The summed E-state index contributed by atoms with van der Waals surface area (Å²) < 4.78 is 26.0. The van der Waals surface area contributed by atoms with E-state index in [1.807, 2.05) is 0 Å². The van der Waals surface area contributed by atoms with Crippen molar-refractivity contribution in [1.82, 2.24) is 0 Å². The van der Waals surface area contributed by atoms with E-state index < -0.39 is 15.3 Å². The largest absolute Gasteiger partial charge is 0.294 e. The third-order valence-electron chi connectivity index (χ3n) is 3.14. The van der Waals surface area contributed by atoms with Crippen LogP contribution in [0.5, 0.6) is 0 Å². The van der Waals surface area contributed by atoms with Crippen LogP contribution in [0.15, 0.2) is 24.3 Å². The number of ketones is 1. The molecule has 1 aliphatic rings. The number of anilines is 1. The summed E-state index contributed by atoms with van der Waals surface area (Å²) in [6.45, 7) is 3.69. The summed E-state index contributed by atoms with van der Waals surface area (Å²) in [4.78, 5) is 11.9. The molecule has 0 radical (unpaired) electrons. The van der Waals surface area contributed by atoms with E-state index in [2.05, 4.69) is 0 Å². The van der Waals surface area contributed by atoms with Gasteiger partial charge in [-0.15, -0.1) is 0 Å². The van der Waals surface area contributed by atoms with Crippen LogP contribution in [-0.4, -0.2) is 26.0 Å². The fraction of sp³-hybridized carbons (Fsp3) is 0.462. The van der Waals surface area contributed by atoms with Gasteiger partial charge >= 0.3 is 0 Å². The molecular weight excluding hydrogens is 250 g/mol. The van der Waals surface area contributed by atoms with Gasteiger partial charge in [-0.05, 0) is 32.4 Å².